The second-order valence-electron chi connectivity index (χ2n) is 8.17. The third kappa shape index (κ3) is 7.29. The number of ether oxygens (including phenoxy) is 2. The van der Waals surface area contributed by atoms with Crippen LogP contribution in [0.4, 0.5) is 5.69 Å². The SMILES string of the molecule is CCOC(=O)C1=C(C)NC(=S)N[C@@H]1c1ccccc1OCC(=O)NN=Cc1ccc(N(CC)CC)cc1. The molecule has 2 aromatic rings. The van der Waals surface area contributed by atoms with Crippen molar-refractivity contribution in [2.75, 3.05) is 31.2 Å². The lowest BCUT2D eigenvalue weighted by atomic mass is 9.95. The minimum absolute atomic E-state index is 0.242. The number of benzene rings is 2. The largest absolute Gasteiger partial charge is 0.483 e. The van der Waals surface area contributed by atoms with E-state index in [1.807, 2.05) is 36.4 Å². The maximum atomic E-state index is 12.7. The second-order valence-corrected chi connectivity index (χ2v) is 8.58. The van der Waals surface area contributed by atoms with Crippen LogP contribution < -0.4 is 25.7 Å². The van der Waals surface area contributed by atoms with Gasteiger partial charge in [-0.25, -0.2) is 10.2 Å². The summed E-state index contributed by atoms with van der Waals surface area (Å²) in [5.41, 5.74) is 6.13. The van der Waals surface area contributed by atoms with Crippen molar-refractivity contribution in [3.05, 3.63) is 70.9 Å². The predicted octanol–water partition coefficient (Wildman–Crippen LogP) is 3.42. The minimum atomic E-state index is -0.593. The number of hydrogen-bond donors (Lipinski definition) is 3. The van der Waals surface area contributed by atoms with Gasteiger partial charge in [0.05, 0.1) is 24.4 Å². The maximum absolute atomic E-state index is 12.7. The molecular weight excluding hydrogens is 490 g/mol. The molecule has 37 heavy (non-hydrogen) atoms. The molecule has 0 saturated heterocycles. The molecule has 0 bridgehead atoms. The number of anilines is 1. The highest BCUT2D eigenvalue weighted by Crippen LogP contribution is 2.33. The second kappa shape index (κ2) is 13.4. The number of carbonyl (C=O) groups excluding carboxylic acids is 2. The van der Waals surface area contributed by atoms with Crippen LogP contribution in [0.1, 0.15) is 44.9 Å². The summed E-state index contributed by atoms with van der Waals surface area (Å²) in [4.78, 5) is 27.3. The molecular formula is C27H33N5O4S. The van der Waals surface area contributed by atoms with Gasteiger partial charge in [0.25, 0.3) is 5.91 Å². The molecule has 2 aromatic carbocycles. The average Bonchev–Trinajstić information content (AvgIpc) is 2.89. The van der Waals surface area contributed by atoms with E-state index >= 15 is 0 Å². The Bertz CT molecular complexity index is 1180. The van der Waals surface area contributed by atoms with Gasteiger partial charge in [-0.1, -0.05) is 30.3 Å². The van der Waals surface area contributed by atoms with Gasteiger partial charge in [0.2, 0.25) is 0 Å². The van der Waals surface area contributed by atoms with Crippen molar-refractivity contribution < 1.29 is 19.1 Å². The number of esters is 1. The fourth-order valence-corrected chi connectivity index (χ4v) is 4.24. The van der Waals surface area contributed by atoms with Crippen molar-refractivity contribution >= 4 is 41.1 Å². The van der Waals surface area contributed by atoms with Crippen molar-refractivity contribution in [2.24, 2.45) is 5.10 Å². The summed E-state index contributed by atoms with van der Waals surface area (Å²) in [6.45, 7) is 9.59. The summed E-state index contributed by atoms with van der Waals surface area (Å²) in [5.74, 6) is -0.443. The highest BCUT2D eigenvalue weighted by molar-refractivity contribution is 7.80. The van der Waals surface area contributed by atoms with Gasteiger partial charge in [-0.3, -0.25) is 4.79 Å². The first-order valence-electron chi connectivity index (χ1n) is 12.2. The van der Waals surface area contributed by atoms with E-state index in [2.05, 4.69) is 39.9 Å². The van der Waals surface area contributed by atoms with Gasteiger partial charge in [0, 0.05) is 30.0 Å². The molecule has 0 aliphatic carbocycles. The molecule has 10 heteroatoms. The van der Waals surface area contributed by atoms with Crippen LogP contribution in [0.5, 0.6) is 5.75 Å². The van der Waals surface area contributed by atoms with Crippen molar-refractivity contribution in [3.63, 3.8) is 0 Å². The topological polar surface area (TPSA) is 104 Å². The molecule has 0 spiro atoms. The molecule has 196 valence electrons. The number of thiocarbonyl (C=S) groups is 1. The number of para-hydroxylation sites is 1. The van der Waals surface area contributed by atoms with E-state index in [1.54, 1.807) is 32.2 Å². The molecule has 1 atom stereocenters. The number of hydrogen-bond acceptors (Lipinski definition) is 7. The molecule has 1 aliphatic rings. The van der Waals surface area contributed by atoms with Crippen LogP contribution in [0, 0.1) is 0 Å². The lowest BCUT2D eigenvalue weighted by Crippen LogP contribution is -2.45. The number of amides is 1. The Balaban J connectivity index is 1.65. The fourth-order valence-electron chi connectivity index (χ4n) is 3.97. The average molecular weight is 524 g/mol. The minimum Gasteiger partial charge on any atom is -0.483 e. The number of allylic oxidation sites excluding steroid dienone is 1. The van der Waals surface area contributed by atoms with E-state index in [0.29, 0.717) is 27.7 Å². The zero-order valence-electron chi connectivity index (χ0n) is 21.5. The standard InChI is InChI=1S/C27H33N5O4S/c1-5-32(6-2)20-14-12-19(13-15-20)16-28-31-23(33)17-36-22-11-9-8-10-21(22)25-24(26(34)35-7-3)18(4)29-27(37)30-25/h8-16,25H,5-7,17H2,1-4H3,(H,31,33)(H2,29,30,37)/t25-/m1/s1. The Hall–Kier alpha value is -3.92. The molecule has 0 fully saturated rings. The third-order valence-corrected chi connectivity index (χ3v) is 6.00. The summed E-state index contributed by atoms with van der Waals surface area (Å²) in [6.07, 6.45) is 1.58. The highest BCUT2D eigenvalue weighted by Gasteiger charge is 2.32. The monoisotopic (exact) mass is 523 g/mol. The van der Waals surface area contributed by atoms with Crippen LogP contribution in [0.15, 0.2) is 64.9 Å². The highest BCUT2D eigenvalue weighted by atomic mass is 32.1. The van der Waals surface area contributed by atoms with Gasteiger partial charge >= 0.3 is 5.97 Å². The van der Waals surface area contributed by atoms with Crippen molar-refractivity contribution in [2.45, 2.75) is 33.7 Å². The van der Waals surface area contributed by atoms with Gasteiger partial charge < -0.3 is 25.0 Å². The van der Waals surface area contributed by atoms with E-state index in [0.717, 1.165) is 24.3 Å². The Kier molecular flexibility index (Phi) is 10.0. The first-order chi connectivity index (χ1) is 17.9. The van der Waals surface area contributed by atoms with Crippen molar-refractivity contribution in [1.29, 1.82) is 0 Å². The molecule has 0 unspecified atom stereocenters. The Morgan fingerprint density at radius 1 is 1.11 bits per heavy atom. The Labute approximate surface area is 222 Å². The van der Waals surface area contributed by atoms with Gasteiger partial charge in [-0.05, 0) is 63.7 Å². The lowest BCUT2D eigenvalue weighted by Gasteiger charge is -2.30. The van der Waals surface area contributed by atoms with Crippen LogP contribution in [0.25, 0.3) is 0 Å². The van der Waals surface area contributed by atoms with Crippen molar-refractivity contribution in [3.8, 4) is 5.75 Å². The predicted molar refractivity (Wildman–Crippen MR) is 149 cm³/mol. The number of carbonyl (C=O) groups is 2. The third-order valence-electron chi connectivity index (χ3n) is 5.78. The fraction of sp³-hybridized carbons (Fsp3) is 0.333. The molecule has 1 amide bonds. The lowest BCUT2D eigenvalue weighted by molar-refractivity contribution is -0.139. The molecule has 0 radical (unpaired) electrons. The smallest absolute Gasteiger partial charge is 0.338 e. The Morgan fingerprint density at radius 3 is 2.49 bits per heavy atom. The summed E-state index contributed by atoms with van der Waals surface area (Å²) in [5, 5.41) is 10.5. The van der Waals surface area contributed by atoms with E-state index in [4.69, 9.17) is 21.7 Å². The van der Waals surface area contributed by atoms with E-state index in [1.165, 1.54) is 0 Å². The van der Waals surface area contributed by atoms with Crippen LogP contribution >= 0.6 is 12.2 Å². The van der Waals surface area contributed by atoms with Gasteiger partial charge in [0.1, 0.15) is 5.75 Å². The molecule has 3 rings (SSSR count). The van der Waals surface area contributed by atoms with Crippen LogP contribution in [0.2, 0.25) is 0 Å². The van der Waals surface area contributed by atoms with E-state index in [9.17, 15) is 9.59 Å². The molecule has 3 N–H and O–H groups in total. The number of rotatable bonds is 11. The van der Waals surface area contributed by atoms with Crippen LogP contribution in [0.3, 0.4) is 0 Å². The first-order valence-corrected chi connectivity index (χ1v) is 12.6. The van der Waals surface area contributed by atoms with Crippen LogP contribution in [-0.2, 0) is 14.3 Å². The van der Waals surface area contributed by atoms with Gasteiger partial charge in [-0.15, -0.1) is 0 Å². The molecule has 0 aromatic heterocycles. The molecule has 1 aliphatic heterocycles. The summed E-state index contributed by atoms with van der Waals surface area (Å²) < 4.78 is 11.1. The number of hydrazone groups is 1. The van der Waals surface area contributed by atoms with Gasteiger partial charge in [-0.2, -0.15) is 5.10 Å². The zero-order valence-corrected chi connectivity index (χ0v) is 22.4. The maximum Gasteiger partial charge on any atom is 0.338 e. The number of nitrogens with zero attached hydrogens (tertiary/aromatic N) is 2. The molecule has 1 heterocycles. The summed E-state index contributed by atoms with van der Waals surface area (Å²) in [7, 11) is 0. The summed E-state index contributed by atoms with van der Waals surface area (Å²) in [6, 6.07) is 14.5. The zero-order chi connectivity index (χ0) is 26.8. The van der Waals surface area contributed by atoms with Crippen molar-refractivity contribution in [1.82, 2.24) is 16.1 Å². The van der Waals surface area contributed by atoms with Gasteiger partial charge in [0.15, 0.2) is 11.7 Å². The molecule has 9 nitrogen and oxygen atoms in total. The molecule has 0 saturated carbocycles. The van der Waals surface area contributed by atoms with E-state index in [-0.39, 0.29) is 13.2 Å². The Morgan fingerprint density at radius 2 is 1.81 bits per heavy atom. The van der Waals surface area contributed by atoms with Crippen LogP contribution in [-0.4, -0.2) is 49.5 Å². The van der Waals surface area contributed by atoms with E-state index < -0.39 is 17.9 Å². The quantitative estimate of drug-likeness (QED) is 0.178. The summed E-state index contributed by atoms with van der Waals surface area (Å²) >= 11 is 5.30. The normalized spacial score (nSPS) is 15.1. The first kappa shape index (κ1) is 27.7. The number of nitrogens with one attached hydrogen (secondary N) is 3.